The Morgan fingerprint density at radius 3 is 2.44 bits per heavy atom. The van der Waals surface area contributed by atoms with Crippen LogP contribution in [0, 0.1) is 6.92 Å². The highest BCUT2D eigenvalue weighted by Gasteiger charge is 2.54. The van der Waals surface area contributed by atoms with Gasteiger partial charge in [0.25, 0.3) is 0 Å². The number of benzene rings is 1. The van der Waals surface area contributed by atoms with Gasteiger partial charge in [-0.3, -0.25) is 9.78 Å². The Morgan fingerprint density at radius 1 is 1.08 bits per heavy atom. The maximum Gasteiger partial charge on any atom is 0.358 e. The lowest BCUT2D eigenvalue weighted by molar-refractivity contribution is -0.134. The molecule has 0 unspecified atom stereocenters. The first-order chi connectivity index (χ1) is 18.9. The molecule has 0 saturated heterocycles. The summed E-state index contributed by atoms with van der Waals surface area (Å²) in [4.78, 5) is 38.3. The van der Waals surface area contributed by atoms with Crippen LogP contribution in [-0.2, 0) is 34.3 Å². The van der Waals surface area contributed by atoms with Crippen LogP contribution in [0.1, 0.15) is 83.1 Å². The van der Waals surface area contributed by atoms with Crippen molar-refractivity contribution in [3.63, 3.8) is 0 Å². The van der Waals surface area contributed by atoms with E-state index in [1.165, 1.54) is 35.3 Å². The first kappa shape index (κ1) is 28.7. The van der Waals surface area contributed by atoms with Crippen molar-refractivity contribution in [3.8, 4) is 5.75 Å². The molecule has 208 valence electrons. The molecule has 0 bridgehead atoms. The smallest absolute Gasteiger partial charge is 0.358 e. The lowest BCUT2D eigenvalue weighted by Gasteiger charge is -2.27. The van der Waals surface area contributed by atoms with Gasteiger partial charge in [0, 0.05) is 11.4 Å². The van der Waals surface area contributed by atoms with Crippen LogP contribution >= 0.6 is 11.3 Å². The average molecular weight is 550 g/mol. The molecule has 1 amide bonds. The minimum Gasteiger partial charge on any atom is -0.495 e. The van der Waals surface area contributed by atoms with Gasteiger partial charge < -0.3 is 14.4 Å². The number of carbonyl (C=O) groups is 2. The minimum atomic E-state index is -0.609. The quantitative estimate of drug-likeness (QED) is 0.227. The third-order valence-corrected chi connectivity index (χ3v) is 8.20. The van der Waals surface area contributed by atoms with Crippen LogP contribution in [0.2, 0.25) is 0 Å². The summed E-state index contributed by atoms with van der Waals surface area (Å²) in [7, 11) is 1.61. The molecular weight excluding hydrogens is 510 g/mol. The Balaban J connectivity index is 1.52. The van der Waals surface area contributed by atoms with E-state index in [2.05, 4.69) is 41.2 Å². The average Bonchev–Trinajstić information content (AvgIpc) is 3.68. The molecule has 39 heavy (non-hydrogen) atoms. The highest BCUT2D eigenvalue weighted by Crippen LogP contribution is 2.49. The highest BCUT2D eigenvalue weighted by molar-refractivity contribution is 7.11. The number of pyridine rings is 1. The number of rotatable bonds is 14. The van der Waals surface area contributed by atoms with Crippen molar-refractivity contribution < 1.29 is 19.1 Å². The molecule has 8 heteroatoms. The maximum atomic E-state index is 14.1. The first-order valence-electron chi connectivity index (χ1n) is 13.9. The van der Waals surface area contributed by atoms with Crippen molar-refractivity contribution in [2.45, 2.75) is 77.7 Å². The number of aryl methyl sites for hydroxylation is 3. The van der Waals surface area contributed by atoms with E-state index in [0.29, 0.717) is 31.1 Å². The molecule has 1 aliphatic carbocycles. The van der Waals surface area contributed by atoms with Crippen LogP contribution in [0.15, 0.2) is 42.6 Å². The van der Waals surface area contributed by atoms with Crippen molar-refractivity contribution in [1.29, 1.82) is 0 Å². The fourth-order valence-electron chi connectivity index (χ4n) is 4.91. The number of carbonyl (C=O) groups excluding carboxylic acids is 2. The van der Waals surface area contributed by atoms with Gasteiger partial charge in [-0.1, -0.05) is 37.6 Å². The lowest BCUT2D eigenvalue weighted by atomic mass is 9.99. The summed E-state index contributed by atoms with van der Waals surface area (Å²) in [5.74, 6) is 0.326. The van der Waals surface area contributed by atoms with E-state index in [1.54, 1.807) is 20.2 Å². The molecular formula is C31H39N3O4S. The number of unbranched alkanes of at least 4 members (excludes halogenated alkanes) is 1. The Morgan fingerprint density at radius 2 is 1.82 bits per heavy atom. The summed E-state index contributed by atoms with van der Waals surface area (Å²) >= 11 is 1.45. The van der Waals surface area contributed by atoms with E-state index in [4.69, 9.17) is 9.47 Å². The topological polar surface area (TPSA) is 81.6 Å². The molecule has 1 fully saturated rings. The van der Waals surface area contributed by atoms with Gasteiger partial charge in [-0.2, -0.15) is 0 Å². The third kappa shape index (κ3) is 7.04. The van der Waals surface area contributed by atoms with Crippen molar-refractivity contribution >= 4 is 23.2 Å². The second-order valence-electron chi connectivity index (χ2n) is 10.2. The van der Waals surface area contributed by atoms with Gasteiger partial charge in [0.2, 0.25) is 5.91 Å². The SMILES string of the molecule is CCCCc1cccc(CCCN(Cc2nc(C(=O)OCC)c(C)s2)C(=O)C2(c3ccc(OC)cn3)CC2)c1. The summed E-state index contributed by atoms with van der Waals surface area (Å²) in [5, 5.41) is 0.740. The van der Waals surface area contributed by atoms with Crippen molar-refractivity contribution in [1.82, 2.24) is 14.9 Å². The van der Waals surface area contributed by atoms with Crippen molar-refractivity contribution in [2.75, 3.05) is 20.3 Å². The van der Waals surface area contributed by atoms with Crippen molar-refractivity contribution in [2.24, 2.45) is 0 Å². The molecule has 0 aliphatic heterocycles. The Bertz CT molecular complexity index is 1270. The zero-order valence-corrected chi connectivity index (χ0v) is 24.3. The van der Waals surface area contributed by atoms with Crippen LogP contribution in [0.3, 0.4) is 0 Å². The third-order valence-electron chi connectivity index (χ3n) is 7.25. The number of hydrogen-bond acceptors (Lipinski definition) is 7. The van der Waals surface area contributed by atoms with E-state index >= 15 is 0 Å². The number of ether oxygens (including phenoxy) is 2. The molecule has 0 N–H and O–H groups in total. The number of nitrogens with zero attached hydrogens (tertiary/aromatic N) is 3. The van der Waals surface area contributed by atoms with Gasteiger partial charge in [-0.25, -0.2) is 9.78 Å². The van der Waals surface area contributed by atoms with E-state index < -0.39 is 11.4 Å². The van der Waals surface area contributed by atoms with Crippen molar-refractivity contribution in [3.05, 3.63) is 75.0 Å². The summed E-state index contributed by atoms with van der Waals surface area (Å²) in [6.45, 7) is 7.12. The van der Waals surface area contributed by atoms with E-state index in [-0.39, 0.29) is 5.91 Å². The fourth-order valence-corrected chi connectivity index (χ4v) is 5.85. The second-order valence-corrected chi connectivity index (χ2v) is 11.4. The maximum absolute atomic E-state index is 14.1. The molecule has 0 radical (unpaired) electrons. The number of hydrogen-bond donors (Lipinski definition) is 0. The predicted molar refractivity (Wildman–Crippen MR) is 153 cm³/mol. The molecule has 0 atom stereocenters. The lowest BCUT2D eigenvalue weighted by Crippen LogP contribution is -2.40. The second kappa shape index (κ2) is 13.2. The molecule has 1 saturated carbocycles. The largest absolute Gasteiger partial charge is 0.495 e. The fraction of sp³-hybridized carbons (Fsp3) is 0.484. The van der Waals surface area contributed by atoms with Gasteiger partial charge in [0.05, 0.1) is 37.6 Å². The normalized spacial score (nSPS) is 13.6. The molecule has 2 heterocycles. The molecule has 1 aliphatic rings. The number of thiazole rings is 1. The number of methoxy groups -OCH3 is 1. The van der Waals surface area contributed by atoms with E-state index in [1.807, 2.05) is 24.0 Å². The predicted octanol–water partition coefficient (Wildman–Crippen LogP) is 6.07. The van der Waals surface area contributed by atoms with Gasteiger partial charge in [0.15, 0.2) is 5.69 Å². The van der Waals surface area contributed by atoms with Crippen LogP contribution in [0.5, 0.6) is 5.75 Å². The highest BCUT2D eigenvalue weighted by atomic mass is 32.1. The Kier molecular flexibility index (Phi) is 9.73. The molecule has 0 spiro atoms. The Labute approximate surface area is 235 Å². The first-order valence-corrected chi connectivity index (χ1v) is 14.7. The zero-order valence-electron chi connectivity index (χ0n) is 23.5. The molecule has 3 aromatic rings. The van der Waals surface area contributed by atoms with Crippen LogP contribution in [0.25, 0.3) is 0 Å². The van der Waals surface area contributed by atoms with Gasteiger partial charge >= 0.3 is 5.97 Å². The van der Waals surface area contributed by atoms with Crippen LogP contribution in [-0.4, -0.2) is 47.0 Å². The van der Waals surface area contributed by atoms with E-state index in [0.717, 1.165) is 47.7 Å². The molecule has 4 rings (SSSR count). The standard InChI is InChI=1S/C31H39N3O4S/c1-5-7-10-23-11-8-12-24(19-23)13-9-18-34(21-27-33-28(22(3)39-27)29(35)38-6-2)30(36)31(16-17-31)26-15-14-25(37-4)20-32-26/h8,11-12,14-15,19-20H,5-7,9-10,13,16-18,21H2,1-4H3. The summed E-state index contributed by atoms with van der Waals surface area (Å²) in [6.07, 6.45) is 8.41. The Hall–Kier alpha value is -3.26. The monoisotopic (exact) mass is 549 g/mol. The van der Waals surface area contributed by atoms with Gasteiger partial charge in [-0.15, -0.1) is 11.3 Å². The molecule has 7 nitrogen and oxygen atoms in total. The number of amides is 1. The number of esters is 1. The van der Waals surface area contributed by atoms with Gasteiger partial charge in [0.1, 0.15) is 10.8 Å². The van der Waals surface area contributed by atoms with Crippen LogP contribution < -0.4 is 4.74 Å². The summed E-state index contributed by atoms with van der Waals surface area (Å²) < 4.78 is 10.4. The molecule has 1 aromatic carbocycles. The summed E-state index contributed by atoms with van der Waals surface area (Å²) in [6, 6.07) is 12.5. The summed E-state index contributed by atoms with van der Waals surface area (Å²) in [5.41, 5.74) is 3.18. The van der Waals surface area contributed by atoms with Crippen LogP contribution in [0.4, 0.5) is 0 Å². The van der Waals surface area contributed by atoms with E-state index in [9.17, 15) is 9.59 Å². The number of aromatic nitrogens is 2. The molecule has 2 aromatic heterocycles. The minimum absolute atomic E-state index is 0.0717. The van der Waals surface area contributed by atoms with Gasteiger partial charge in [-0.05, 0) is 75.6 Å². The zero-order chi connectivity index (χ0) is 27.8.